The Labute approximate surface area is 172 Å². The average molecular weight is 413 g/mol. The van der Waals surface area contributed by atoms with Crippen molar-refractivity contribution >= 4 is 5.97 Å². The molecule has 0 saturated heterocycles. The second kappa shape index (κ2) is 9.84. The largest absolute Gasteiger partial charge is 0.496 e. The Bertz CT molecular complexity index is 1020. The number of carbonyl (C=O) groups is 1. The molecule has 0 heterocycles. The van der Waals surface area contributed by atoms with Crippen LogP contribution in [0, 0.1) is 11.6 Å². The van der Waals surface area contributed by atoms with Gasteiger partial charge in [0.1, 0.15) is 18.1 Å². The molecule has 3 aromatic carbocycles. The van der Waals surface area contributed by atoms with Gasteiger partial charge in [-0.3, -0.25) is 4.79 Å². The molecule has 0 atom stereocenters. The van der Waals surface area contributed by atoms with Crippen molar-refractivity contribution in [1.82, 2.24) is 5.32 Å². The molecule has 30 heavy (non-hydrogen) atoms. The zero-order valence-corrected chi connectivity index (χ0v) is 16.3. The van der Waals surface area contributed by atoms with Crippen molar-refractivity contribution in [3.8, 4) is 22.6 Å². The summed E-state index contributed by atoms with van der Waals surface area (Å²) in [7, 11) is 1.40. The van der Waals surface area contributed by atoms with E-state index in [9.17, 15) is 13.6 Å². The molecule has 156 valence electrons. The van der Waals surface area contributed by atoms with Gasteiger partial charge in [0, 0.05) is 18.2 Å². The second-order valence-electron chi connectivity index (χ2n) is 6.60. The Morgan fingerprint density at radius 1 is 1.00 bits per heavy atom. The Morgan fingerprint density at radius 3 is 2.40 bits per heavy atom. The van der Waals surface area contributed by atoms with Gasteiger partial charge in [-0.25, -0.2) is 8.78 Å². The molecule has 5 nitrogen and oxygen atoms in total. The Kier molecular flexibility index (Phi) is 6.98. The van der Waals surface area contributed by atoms with E-state index in [1.165, 1.54) is 7.11 Å². The number of ether oxygens (including phenoxy) is 2. The topological polar surface area (TPSA) is 67.8 Å². The molecule has 0 aromatic heterocycles. The minimum atomic E-state index is -0.962. The fraction of sp³-hybridized carbons (Fsp3) is 0.174. The average Bonchev–Trinajstić information content (AvgIpc) is 2.74. The van der Waals surface area contributed by atoms with E-state index in [0.29, 0.717) is 30.0 Å². The van der Waals surface area contributed by atoms with Crippen molar-refractivity contribution < 1.29 is 28.2 Å². The van der Waals surface area contributed by atoms with Gasteiger partial charge < -0.3 is 19.9 Å². The summed E-state index contributed by atoms with van der Waals surface area (Å²) >= 11 is 0. The van der Waals surface area contributed by atoms with E-state index in [1.807, 2.05) is 24.3 Å². The predicted molar refractivity (Wildman–Crippen MR) is 108 cm³/mol. The lowest BCUT2D eigenvalue weighted by Gasteiger charge is -2.11. The van der Waals surface area contributed by atoms with E-state index in [-0.39, 0.29) is 12.3 Å². The zero-order chi connectivity index (χ0) is 21.5. The second-order valence-corrected chi connectivity index (χ2v) is 6.60. The van der Waals surface area contributed by atoms with Gasteiger partial charge in [0.25, 0.3) is 0 Å². The third-order valence-electron chi connectivity index (χ3n) is 4.41. The molecule has 0 aliphatic heterocycles. The molecule has 0 saturated carbocycles. The summed E-state index contributed by atoms with van der Waals surface area (Å²) < 4.78 is 38.0. The first-order chi connectivity index (χ1) is 14.5. The SMILES string of the molecule is COc1cc(F)c(F)cc1-c1ccc(OCc2cccc(CNCC(=O)O)c2)cc1. The normalized spacial score (nSPS) is 10.6. The summed E-state index contributed by atoms with van der Waals surface area (Å²) in [5.74, 6) is -1.94. The van der Waals surface area contributed by atoms with Crippen molar-refractivity contribution in [2.45, 2.75) is 13.2 Å². The van der Waals surface area contributed by atoms with Crippen LogP contribution < -0.4 is 14.8 Å². The Morgan fingerprint density at radius 2 is 1.70 bits per heavy atom. The van der Waals surface area contributed by atoms with Gasteiger partial charge in [-0.05, 0) is 34.9 Å². The maximum Gasteiger partial charge on any atom is 0.317 e. The highest BCUT2D eigenvalue weighted by Crippen LogP contribution is 2.33. The summed E-state index contributed by atoms with van der Waals surface area (Å²) in [5, 5.41) is 11.5. The van der Waals surface area contributed by atoms with Gasteiger partial charge in [-0.15, -0.1) is 0 Å². The van der Waals surface area contributed by atoms with Crippen molar-refractivity contribution in [2.24, 2.45) is 0 Å². The lowest BCUT2D eigenvalue weighted by Crippen LogP contribution is -2.21. The van der Waals surface area contributed by atoms with Crippen LogP contribution in [0.25, 0.3) is 11.1 Å². The predicted octanol–water partition coefficient (Wildman–Crippen LogP) is 4.39. The van der Waals surface area contributed by atoms with Crippen LogP contribution in [0.1, 0.15) is 11.1 Å². The van der Waals surface area contributed by atoms with Crippen molar-refractivity contribution in [1.29, 1.82) is 0 Å². The zero-order valence-electron chi connectivity index (χ0n) is 16.3. The summed E-state index contributed by atoms with van der Waals surface area (Å²) in [6, 6.07) is 16.8. The number of rotatable bonds is 9. The molecule has 0 bridgehead atoms. The third kappa shape index (κ3) is 5.55. The quantitative estimate of drug-likeness (QED) is 0.545. The first-order valence-electron chi connectivity index (χ1n) is 9.23. The molecule has 0 amide bonds. The van der Waals surface area contributed by atoms with Gasteiger partial charge in [-0.1, -0.05) is 36.4 Å². The number of carboxylic acid groups (broad SMARTS) is 1. The number of benzene rings is 3. The van der Waals surface area contributed by atoms with Crippen LogP contribution in [0.5, 0.6) is 11.5 Å². The molecule has 0 aliphatic carbocycles. The molecule has 0 radical (unpaired) electrons. The number of hydrogen-bond acceptors (Lipinski definition) is 4. The monoisotopic (exact) mass is 413 g/mol. The van der Waals surface area contributed by atoms with Crippen LogP contribution in [0.3, 0.4) is 0 Å². The number of hydrogen-bond donors (Lipinski definition) is 2. The molecule has 3 aromatic rings. The van der Waals surface area contributed by atoms with E-state index in [2.05, 4.69) is 5.32 Å². The first kappa shape index (κ1) is 21.3. The summed E-state index contributed by atoms with van der Waals surface area (Å²) in [4.78, 5) is 10.6. The lowest BCUT2D eigenvalue weighted by molar-refractivity contribution is -0.136. The maximum atomic E-state index is 13.6. The molecular formula is C23H21F2NO4. The standard InChI is InChI=1S/C23H21F2NO4/c1-29-22-11-21(25)20(24)10-19(22)17-5-7-18(8-6-17)30-14-16-4-2-3-15(9-16)12-26-13-23(27)28/h2-11,26H,12-14H2,1H3,(H,27,28). The smallest absolute Gasteiger partial charge is 0.317 e. The van der Waals surface area contributed by atoms with Crippen LogP contribution in [0.4, 0.5) is 8.78 Å². The minimum absolute atomic E-state index is 0.101. The molecule has 0 unspecified atom stereocenters. The molecule has 0 spiro atoms. The van der Waals surface area contributed by atoms with Gasteiger partial charge in [-0.2, -0.15) is 0 Å². The van der Waals surface area contributed by atoms with Crippen molar-refractivity contribution in [3.05, 3.63) is 83.4 Å². The fourth-order valence-corrected chi connectivity index (χ4v) is 2.96. The summed E-state index contributed by atoms with van der Waals surface area (Å²) in [6.45, 7) is 0.682. The Balaban J connectivity index is 1.64. The van der Waals surface area contributed by atoms with E-state index in [4.69, 9.17) is 14.6 Å². The van der Waals surface area contributed by atoms with Gasteiger partial charge >= 0.3 is 5.97 Å². The molecule has 2 N–H and O–H groups in total. The van der Waals surface area contributed by atoms with E-state index < -0.39 is 17.6 Å². The molecule has 0 aliphatic rings. The lowest BCUT2D eigenvalue weighted by atomic mass is 10.0. The fourth-order valence-electron chi connectivity index (χ4n) is 2.96. The Hall–Kier alpha value is -3.45. The van der Waals surface area contributed by atoms with Crippen molar-refractivity contribution in [2.75, 3.05) is 13.7 Å². The van der Waals surface area contributed by atoms with E-state index >= 15 is 0 Å². The number of carboxylic acids is 1. The number of methoxy groups -OCH3 is 1. The van der Waals surface area contributed by atoms with Gasteiger partial charge in [0.2, 0.25) is 0 Å². The highest BCUT2D eigenvalue weighted by atomic mass is 19.2. The van der Waals surface area contributed by atoms with Crippen LogP contribution in [0.2, 0.25) is 0 Å². The highest BCUT2D eigenvalue weighted by molar-refractivity contribution is 5.71. The summed E-state index contributed by atoms with van der Waals surface area (Å²) in [6.07, 6.45) is 0. The molecule has 7 heteroatoms. The van der Waals surface area contributed by atoms with Gasteiger partial charge in [0.05, 0.1) is 13.7 Å². The van der Waals surface area contributed by atoms with E-state index in [0.717, 1.165) is 23.3 Å². The van der Waals surface area contributed by atoms with Crippen LogP contribution in [0.15, 0.2) is 60.7 Å². The number of aliphatic carboxylic acids is 1. The highest BCUT2D eigenvalue weighted by Gasteiger charge is 2.12. The minimum Gasteiger partial charge on any atom is -0.496 e. The maximum absolute atomic E-state index is 13.6. The van der Waals surface area contributed by atoms with E-state index in [1.54, 1.807) is 24.3 Å². The van der Waals surface area contributed by atoms with Crippen LogP contribution >= 0.6 is 0 Å². The third-order valence-corrected chi connectivity index (χ3v) is 4.41. The molecular weight excluding hydrogens is 392 g/mol. The number of nitrogens with one attached hydrogen (secondary N) is 1. The number of halogens is 2. The van der Waals surface area contributed by atoms with Crippen LogP contribution in [-0.4, -0.2) is 24.7 Å². The van der Waals surface area contributed by atoms with Gasteiger partial charge in [0.15, 0.2) is 11.6 Å². The molecule has 3 rings (SSSR count). The summed E-state index contributed by atoms with van der Waals surface area (Å²) in [5.41, 5.74) is 3.02. The molecule has 0 fully saturated rings. The van der Waals surface area contributed by atoms with Crippen molar-refractivity contribution in [3.63, 3.8) is 0 Å². The van der Waals surface area contributed by atoms with Crippen LogP contribution in [-0.2, 0) is 17.9 Å². The first-order valence-corrected chi connectivity index (χ1v) is 9.23.